The quantitative estimate of drug-likeness (QED) is 0.668. The molecule has 132 valence electrons. The third-order valence-corrected chi connectivity index (χ3v) is 6.24. The monoisotopic (exact) mass is 360 g/mol. The normalized spacial score (nSPS) is 19.5. The van der Waals surface area contributed by atoms with Gasteiger partial charge in [-0.2, -0.15) is 5.10 Å². The predicted molar refractivity (Wildman–Crippen MR) is 95.5 cm³/mol. The van der Waals surface area contributed by atoms with Crippen molar-refractivity contribution in [2.45, 2.75) is 26.3 Å². The van der Waals surface area contributed by atoms with Gasteiger partial charge in [0, 0.05) is 16.8 Å². The fourth-order valence-corrected chi connectivity index (χ4v) is 4.81. The number of phenols is 1. The predicted octanol–water partition coefficient (Wildman–Crippen LogP) is 2.46. The molecule has 1 fully saturated rings. The van der Waals surface area contributed by atoms with Crippen molar-refractivity contribution < 1.29 is 18.3 Å². The standard InChI is InChI=1S/C18H20N2O4S/c1-12-17(7-8-18(22)14-3-5-16(21)6-4-14)13(2)20(19-12)15-9-10-25(23,24)11-15/h3-8,15,21H,9-11H2,1-2H3/b8-7+/t15-/m0/s1. The molecule has 0 radical (unpaired) electrons. The number of carbonyl (C=O) groups excluding carboxylic acids is 1. The summed E-state index contributed by atoms with van der Waals surface area (Å²) in [6.07, 6.45) is 3.76. The number of rotatable bonds is 4. The highest BCUT2D eigenvalue weighted by Crippen LogP contribution is 2.27. The molecule has 1 aromatic carbocycles. The van der Waals surface area contributed by atoms with Crippen LogP contribution in [-0.2, 0) is 9.84 Å². The highest BCUT2D eigenvalue weighted by atomic mass is 32.2. The number of aromatic nitrogens is 2. The van der Waals surface area contributed by atoms with E-state index in [0.29, 0.717) is 12.0 Å². The Morgan fingerprint density at radius 3 is 2.56 bits per heavy atom. The number of nitrogens with zero attached hydrogens (tertiary/aromatic N) is 2. The molecule has 3 rings (SSSR count). The number of allylic oxidation sites excluding steroid dienone is 1. The second kappa shape index (κ2) is 6.48. The zero-order valence-electron chi connectivity index (χ0n) is 14.1. The Morgan fingerprint density at radius 1 is 1.28 bits per heavy atom. The lowest BCUT2D eigenvalue weighted by Crippen LogP contribution is -2.13. The lowest BCUT2D eigenvalue weighted by molar-refractivity contribution is 0.104. The summed E-state index contributed by atoms with van der Waals surface area (Å²) in [5.74, 6) is 0.250. The number of hydrogen-bond donors (Lipinski definition) is 1. The third kappa shape index (κ3) is 3.66. The Morgan fingerprint density at radius 2 is 1.96 bits per heavy atom. The summed E-state index contributed by atoms with van der Waals surface area (Å²) in [6.45, 7) is 3.73. The maximum atomic E-state index is 12.2. The van der Waals surface area contributed by atoms with E-state index < -0.39 is 9.84 Å². The topological polar surface area (TPSA) is 89.3 Å². The molecule has 1 aliphatic heterocycles. The SMILES string of the molecule is Cc1nn([C@H]2CCS(=O)(=O)C2)c(C)c1/C=C/C(=O)c1ccc(O)cc1. The van der Waals surface area contributed by atoms with Gasteiger partial charge in [-0.15, -0.1) is 0 Å². The van der Waals surface area contributed by atoms with Gasteiger partial charge in [0.1, 0.15) is 5.75 Å². The van der Waals surface area contributed by atoms with Crippen LogP contribution in [0.3, 0.4) is 0 Å². The molecule has 0 saturated carbocycles. The van der Waals surface area contributed by atoms with Gasteiger partial charge in [0.2, 0.25) is 0 Å². The molecule has 2 aromatic rings. The van der Waals surface area contributed by atoms with Crippen molar-refractivity contribution in [2.24, 2.45) is 0 Å². The van der Waals surface area contributed by atoms with Crippen LogP contribution in [0.4, 0.5) is 0 Å². The van der Waals surface area contributed by atoms with Crippen LogP contribution in [0.2, 0.25) is 0 Å². The number of ketones is 1. The van der Waals surface area contributed by atoms with Crippen LogP contribution in [0.5, 0.6) is 5.75 Å². The van der Waals surface area contributed by atoms with E-state index in [0.717, 1.165) is 17.0 Å². The second-order valence-electron chi connectivity index (χ2n) is 6.33. The Hall–Kier alpha value is -2.41. The van der Waals surface area contributed by atoms with Crippen molar-refractivity contribution in [3.05, 3.63) is 52.9 Å². The first-order chi connectivity index (χ1) is 11.8. The van der Waals surface area contributed by atoms with Crippen LogP contribution in [0.15, 0.2) is 30.3 Å². The van der Waals surface area contributed by atoms with E-state index in [1.807, 2.05) is 13.8 Å². The molecule has 1 saturated heterocycles. The van der Waals surface area contributed by atoms with Crippen LogP contribution >= 0.6 is 0 Å². The Balaban J connectivity index is 1.83. The summed E-state index contributed by atoms with van der Waals surface area (Å²) < 4.78 is 25.2. The summed E-state index contributed by atoms with van der Waals surface area (Å²) in [6, 6.07) is 5.92. The fraction of sp³-hybridized carbons (Fsp3) is 0.333. The summed E-state index contributed by atoms with van der Waals surface area (Å²) in [5, 5.41) is 13.8. The van der Waals surface area contributed by atoms with Crippen molar-refractivity contribution in [3.8, 4) is 5.75 Å². The first kappa shape index (κ1) is 17.4. The van der Waals surface area contributed by atoms with Crippen molar-refractivity contribution in [1.29, 1.82) is 0 Å². The maximum Gasteiger partial charge on any atom is 0.185 e. The van der Waals surface area contributed by atoms with Crippen LogP contribution in [0, 0.1) is 13.8 Å². The van der Waals surface area contributed by atoms with Crippen LogP contribution in [-0.4, -0.2) is 40.6 Å². The van der Waals surface area contributed by atoms with Gasteiger partial charge in [-0.3, -0.25) is 9.48 Å². The van der Waals surface area contributed by atoms with E-state index in [-0.39, 0.29) is 29.1 Å². The fourth-order valence-electron chi connectivity index (χ4n) is 3.12. The van der Waals surface area contributed by atoms with E-state index in [1.54, 1.807) is 22.9 Å². The summed E-state index contributed by atoms with van der Waals surface area (Å²) in [4.78, 5) is 12.2. The summed E-state index contributed by atoms with van der Waals surface area (Å²) >= 11 is 0. The Kier molecular flexibility index (Phi) is 4.51. The van der Waals surface area contributed by atoms with Crippen LogP contribution < -0.4 is 0 Å². The minimum atomic E-state index is -2.98. The minimum absolute atomic E-state index is 0.111. The average molecular weight is 360 g/mol. The Bertz CT molecular complexity index is 940. The molecule has 25 heavy (non-hydrogen) atoms. The molecule has 0 aliphatic carbocycles. The van der Waals surface area contributed by atoms with Crippen molar-refractivity contribution >= 4 is 21.7 Å². The van der Waals surface area contributed by atoms with E-state index in [1.165, 1.54) is 18.2 Å². The van der Waals surface area contributed by atoms with Gasteiger partial charge in [-0.25, -0.2) is 8.42 Å². The number of aromatic hydroxyl groups is 1. The molecule has 0 unspecified atom stereocenters. The molecule has 0 bridgehead atoms. The summed E-state index contributed by atoms with van der Waals surface area (Å²) in [5.41, 5.74) is 2.93. The van der Waals surface area contributed by atoms with E-state index in [2.05, 4.69) is 5.10 Å². The Labute approximate surface area is 146 Å². The van der Waals surface area contributed by atoms with Crippen LogP contribution in [0.1, 0.15) is 39.8 Å². The first-order valence-electron chi connectivity index (χ1n) is 8.04. The van der Waals surface area contributed by atoms with Gasteiger partial charge >= 0.3 is 0 Å². The average Bonchev–Trinajstić information content (AvgIpc) is 3.05. The molecule has 7 heteroatoms. The van der Waals surface area contributed by atoms with Crippen molar-refractivity contribution in [3.63, 3.8) is 0 Å². The number of aryl methyl sites for hydroxylation is 1. The molecule has 2 heterocycles. The van der Waals surface area contributed by atoms with Gasteiger partial charge < -0.3 is 5.11 Å². The molecule has 1 aromatic heterocycles. The molecule has 6 nitrogen and oxygen atoms in total. The van der Waals surface area contributed by atoms with E-state index >= 15 is 0 Å². The summed E-state index contributed by atoms with van der Waals surface area (Å²) in [7, 11) is -2.98. The first-order valence-corrected chi connectivity index (χ1v) is 9.86. The van der Waals surface area contributed by atoms with Crippen molar-refractivity contribution in [1.82, 2.24) is 9.78 Å². The lowest BCUT2D eigenvalue weighted by Gasteiger charge is -2.10. The largest absolute Gasteiger partial charge is 0.508 e. The van der Waals surface area contributed by atoms with E-state index in [9.17, 15) is 18.3 Å². The second-order valence-corrected chi connectivity index (χ2v) is 8.56. The number of benzene rings is 1. The van der Waals surface area contributed by atoms with Gasteiger partial charge in [0.25, 0.3) is 0 Å². The zero-order chi connectivity index (χ0) is 18.2. The number of hydrogen-bond acceptors (Lipinski definition) is 5. The number of carbonyl (C=O) groups is 1. The highest BCUT2D eigenvalue weighted by Gasteiger charge is 2.31. The number of sulfone groups is 1. The maximum absolute atomic E-state index is 12.2. The highest BCUT2D eigenvalue weighted by molar-refractivity contribution is 7.91. The molecular formula is C18H20N2O4S. The van der Waals surface area contributed by atoms with E-state index in [4.69, 9.17) is 0 Å². The zero-order valence-corrected chi connectivity index (χ0v) is 15.0. The molecule has 0 spiro atoms. The van der Waals surface area contributed by atoms with Gasteiger partial charge in [0.15, 0.2) is 15.6 Å². The molecule has 0 amide bonds. The molecular weight excluding hydrogens is 340 g/mol. The number of phenolic OH excluding ortho intramolecular Hbond substituents is 1. The van der Waals surface area contributed by atoms with Gasteiger partial charge in [-0.05, 0) is 56.7 Å². The van der Waals surface area contributed by atoms with Gasteiger partial charge in [0.05, 0.1) is 23.2 Å². The lowest BCUT2D eigenvalue weighted by atomic mass is 10.1. The smallest absolute Gasteiger partial charge is 0.185 e. The molecule has 1 aliphatic rings. The van der Waals surface area contributed by atoms with Crippen LogP contribution in [0.25, 0.3) is 6.08 Å². The third-order valence-electron chi connectivity index (χ3n) is 4.49. The van der Waals surface area contributed by atoms with Gasteiger partial charge in [-0.1, -0.05) is 0 Å². The molecule has 1 atom stereocenters. The minimum Gasteiger partial charge on any atom is -0.508 e. The van der Waals surface area contributed by atoms with Crippen molar-refractivity contribution in [2.75, 3.05) is 11.5 Å². The molecule has 1 N–H and O–H groups in total.